The fraction of sp³-hybridized carbons (Fsp3) is 0.312. The van der Waals surface area contributed by atoms with Gasteiger partial charge in [0.05, 0.1) is 18.3 Å². The van der Waals surface area contributed by atoms with Gasteiger partial charge in [-0.05, 0) is 19.4 Å². The number of hydrogen-bond acceptors (Lipinski definition) is 2. The van der Waals surface area contributed by atoms with Gasteiger partial charge in [0, 0.05) is 18.3 Å². The summed E-state index contributed by atoms with van der Waals surface area (Å²) in [5.74, 6) is 2.72. The van der Waals surface area contributed by atoms with Crippen molar-refractivity contribution in [3.05, 3.63) is 53.9 Å². The van der Waals surface area contributed by atoms with Gasteiger partial charge in [-0.1, -0.05) is 36.3 Å². The molecule has 2 rings (SSSR count). The monoisotopic (exact) mass is 253 g/mol. The molecule has 0 bridgehead atoms. The molecular formula is C16H19N3. The average molecular weight is 253 g/mol. The maximum atomic E-state index is 5.44. The highest BCUT2D eigenvalue weighted by atomic mass is 15.3. The van der Waals surface area contributed by atoms with Crippen LogP contribution in [0.1, 0.15) is 25.0 Å². The summed E-state index contributed by atoms with van der Waals surface area (Å²) in [7, 11) is 0. The number of benzene rings is 1. The van der Waals surface area contributed by atoms with Gasteiger partial charge in [-0.25, -0.2) is 0 Å². The van der Waals surface area contributed by atoms with E-state index in [4.69, 9.17) is 6.42 Å². The van der Waals surface area contributed by atoms with Crippen molar-refractivity contribution in [2.45, 2.75) is 32.5 Å². The molecule has 19 heavy (non-hydrogen) atoms. The Bertz CT molecular complexity index is 561. The highest BCUT2D eigenvalue weighted by Crippen LogP contribution is 2.06. The topological polar surface area (TPSA) is 29.9 Å². The third-order valence-electron chi connectivity index (χ3n) is 2.97. The Hall–Kier alpha value is -2.05. The molecule has 0 atom stereocenters. The molecule has 0 saturated carbocycles. The van der Waals surface area contributed by atoms with Crippen LogP contribution in [-0.4, -0.2) is 15.3 Å². The first-order chi connectivity index (χ1) is 9.09. The molecule has 3 nitrogen and oxygen atoms in total. The summed E-state index contributed by atoms with van der Waals surface area (Å²) in [6, 6.07) is 10.3. The second-order valence-electron chi connectivity index (χ2n) is 5.15. The van der Waals surface area contributed by atoms with Gasteiger partial charge < -0.3 is 0 Å². The normalized spacial score (nSPS) is 11.2. The molecular weight excluding hydrogens is 234 g/mol. The molecule has 1 aromatic carbocycles. The molecule has 0 amide bonds. The van der Waals surface area contributed by atoms with Crippen molar-refractivity contribution in [2.24, 2.45) is 0 Å². The van der Waals surface area contributed by atoms with Crippen LogP contribution in [0.3, 0.4) is 0 Å². The van der Waals surface area contributed by atoms with Crippen molar-refractivity contribution in [3.63, 3.8) is 0 Å². The van der Waals surface area contributed by atoms with E-state index in [-0.39, 0.29) is 5.54 Å². The summed E-state index contributed by atoms with van der Waals surface area (Å²) in [5, 5.41) is 7.68. The first kappa shape index (κ1) is 13.4. The van der Waals surface area contributed by atoms with Crippen molar-refractivity contribution in [1.29, 1.82) is 0 Å². The number of rotatable bonds is 5. The van der Waals surface area contributed by atoms with E-state index in [9.17, 15) is 0 Å². The van der Waals surface area contributed by atoms with Gasteiger partial charge in [0.25, 0.3) is 0 Å². The number of terminal acetylenes is 1. The molecule has 0 aliphatic carbocycles. The molecule has 1 N–H and O–H groups in total. The molecule has 0 spiro atoms. The Labute approximate surface area is 114 Å². The molecule has 2 aromatic rings. The maximum Gasteiger partial charge on any atom is 0.0743 e. The molecule has 0 radical (unpaired) electrons. The van der Waals surface area contributed by atoms with Crippen molar-refractivity contribution in [2.75, 3.05) is 0 Å². The Balaban J connectivity index is 1.95. The lowest BCUT2D eigenvalue weighted by atomic mass is 10.1. The minimum Gasteiger partial charge on any atom is -0.297 e. The van der Waals surface area contributed by atoms with Crippen LogP contribution < -0.4 is 5.32 Å². The Kier molecular flexibility index (Phi) is 4.03. The van der Waals surface area contributed by atoms with E-state index in [1.807, 2.05) is 49.1 Å². The zero-order valence-corrected chi connectivity index (χ0v) is 11.4. The van der Waals surface area contributed by atoms with Crippen molar-refractivity contribution in [3.8, 4) is 12.3 Å². The fourth-order valence-corrected chi connectivity index (χ4v) is 1.73. The predicted molar refractivity (Wildman–Crippen MR) is 77.5 cm³/mol. The lowest BCUT2D eigenvalue weighted by molar-refractivity contribution is 0.491. The predicted octanol–water partition coefficient (Wildman–Crippen LogP) is 2.43. The average Bonchev–Trinajstić information content (AvgIpc) is 2.86. The van der Waals surface area contributed by atoms with Crippen LogP contribution in [0.4, 0.5) is 0 Å². The molecule has 0 unspecified atom stereocenters. The third kappa shape index (κ3) is 3.97. The van der Waals surface area contributed by atoms with Crippen LogP contribution in [0.25, 0.3) is 0 Å². The second-order valence-corrected chi connectivity index (χ2v) is 5.15. The van der Waals surface area contributed by atoms with Crippen molar-refractivity contribution in [1.82, 2.24) is 15.1 Å². The van der Waals surface area contributed by atoms with Crippen molar-refractivity contribution < 1.29 is 0 Å². The first-order valence-electron chi connectivity index (χ1n) is 6.37. The molecule has 98 valence electrons. The zero-order chi connectivity index (χ0) is 13.7. The van der Waals surface area contributed by atoms with E-state index >= 15 is 0 Å². The Morgan fingerprint density at radius 3 is 2.68 bits per heavy atom. The maximum absolute atomic E-state index is 5.44. The summed E-state index contributed by atoms with van der Waals surface area (Å²) in [6.07, 6.45) is 9.37. The smallest absolute Gasteiger partial charge is 0.0743 e. The minimum absolute atomic E-state index is 0.290. The van der Waals surface area contributed by atoms with E-state index in [1.165, 1.54) is 5.56 Å². The summed E-state index contributed by atoms with van der Waals surface area (Å²) >= 11 is 0. The highest BCUT2D eigenvalue weighted by molar-refractivity contribution is 5.16. The van der Waals surface area contributed by atoms with Gasteiger partial charge in [0.15, 0.2) is 0 Å². The van der Waals surface area contributed by atoms with E-state index in [1.54, 1.807) is 0 Å². The Morgan fingerprint density at radius 2 is 2.00 bits per heavy atom. The van der Waals surface area contributed by atoms with Gasteiger partial charge in [-0.15, -0.1) is 6.42 Å². The number of nitrogens with one attached hydrogen (secondary N) is 1. The van der Waals surface area contributed by atoms with Crippen LogP contribution in [0, 0.1) is 12.3 Å². The molecule has 1 heterocycles. The highest BCUT2D eigenvalue weighted by Gasteiger charge is 2.12. The lowest BCUT2D eigenvalue weighted by Gasteiger charge is -2.18. The van der Waals surface area contributed by atoms with Gasteiger partial charge in [0.1, 0.15) is 0 Å². The molecule has 0 aliphatic rings. The van der Waals surface area contributed by atoms with Crippen molar-refractivity contribution >= 4 is 0 Å². The lowest BCUT2D eigenvalue weighted by Crippen LogP contribution is -2.36. The number of aromatic nitrogens is 2. The molecule has 3 heteroatoms. The number of hydrogen-bond donors (Lipinski definition) is 1. The van der Waals surface area contributed by atoms with Crippen LogP contribution >= 0.6 is 0 Å². The standard InChI is InChI=1S/C16H19N3/c1-4-16(2,3)17-10-15-11-18-19(13-15)12-14-8-6-5-7-9-14/h1,5-9,11,13,17H,10,12H2,2-3H3. The molecule has 0 aliphatic heterocycles. The van der Waals surface area contributed by atoms with Crippen LogP contribution in [0.15, 0.2) is 42.7 Å². The fourth-order valence-electron chi connectivity index (χ4n) is 1.73. The second kappa shape index (κ2) is 5.73. The third-order valence-corrected chi connectivity index (χ3v) is 2.97. The molecule has 0 fully saturated rings. The number of nitrogens with zero attached hydrogens (tertiary/aromatic N) is 2. The Morgan fingerprint density at radius 1 is 1.26 bits per heavy atom. The van der Waals surface area contributed by atoms with E-state index < -0.39 is 0 Å². The summed E-state index contributed by atoms with van der Waals surface area (Å²) in [5.41, 5.74) is 2.09. The zero-order valence-electron chi connectivity index (χ0n) is 11.4. The van der Waals surface area contributed by atoms with Gasteiger partial charge in [0.2, 0.25) is 0 Å². The summed E-state index contributed by atoms with van der Waals surface area (Å²) < 4.78 is 1.94. The van der Waals surface area contributed by atoms with Gasteiger partial charge >= 0.3 is 0 Å². The first-order valence-corrected chi connectivity index (χ1v) is 6.37. The van der Waals surface area contributed by atoms with Crippen LogP contribution in [0.2, 0.25) is 0 Å². The quantitative estimate of drug-likeness (QED) is 0.829. The molecule has 1 aromatic heterocycles. The van der Waals surface area contributed by atoms with E-state index in [0.717, 1.165) is 18.7 Å². The molecule has 0 saturated heterocycles. The SMILES string of the molecule is C#CC(C)(C)NCc1cnn(Cc2ccccc2)c1. The van der Waals surface area contributed by atoms with Gasteiger partial charge in [-0.3, -0.25) is 10.00 Å². The van der Waals surface area contributed by atoms with Gasteiger partial charge in [-0.2, -0.15) is 5.10 Å². The largest absolute Gasteiger partial charge is 0.297 e. The summed E-state index contributed by atoms with van der Waals surface area (Å²) in [6.45, 7) is 5.49. The summed E-state index contributed by atoms with van der Waals surface area (Å²) in [4.78, 5) is 0. The van der Waals surface area contributed by atoms with Crippen LogP contribution in [-0.2, 0) is 13.1 Å². The van der Waals surface area contributed by atoms with Crippen LogP contribution in [0.5, 0.6) is 0 Å². The van der Waals surface area contributed by atoms with E-state index in [0.29, 0.717) is 0 Å². The minimum atomic E-state index is -0.290. The van der Waals surface area contributed by atoms with E-state index in [2.05, 4.69) is 28.5 Å².